The van der Waals surface area contributed by atoms with E-state index in [1.165, 1.54) is 23.5 Å². The smallest absolute Gasteiger partial charge is 0.260 e. The Hall–Kier alpha value is -2.73. The first-order valence-corrected chi connectivity index (χ1v) is 16.1. The summed E-state index contributed by atoms with van der Waals surface area (Å²) in [5, 5.41) is 0.500. The predicted octanol–water partition coefficient (Wildman–Crippen LogP) is 5.73. The van der Waals surface area contributed by atoms with Crippen LogP contribution < -0.4 is 14.4 Å². The van der Waals surface area contributed by atoms with Crippen LogP contribution in [0.15, 0.2) is 41.3 Å². The number of amides is 1. The maximum absolute atomic E-state index is 13.9. The van der Waals surface area contributed by atoms with Crippen LogP contribution in [0, 0.1) is 0 Å². The fourth-order valence-electron chi connectivity index (χ4n) is 4.73. The fourth-order valence-corrected chi connectivity index (χ4v) is 7.32. The number of rotatable bonds is 14. The molecule has 1 saturated heterocycles. The van der Waals surface area contributed by atoms with Crippen LogP contribution in [0.2, 0.25) is 0 Å². The van der Waals surface area contributed by atoms with Gasteiger partial charge in [-0.05, 0) is 62.1 Å². The highest BCUT2D eigenvalue weighted by atomic mass is 32.2. The second-order valence-electron chi connectivity index (χ2n) is 9.83. The van der Waals surface area contributed by atoms with Gasteiger partial charge in [0.1, 0.15) is 21.7 Å². The summed E-state index contributed by atoms with van der Waals surface area (Å²) >= 11 is 1.35. The van der Waals surface area contributed by atoms with Crippen molar-refractivity contribution in [2.24, 2.45) is 0 Å². The van der Waals surface area contributed by atoms with Gasteiger partial charge >= 0.3 is 0 Å². The minimum atomic E-state index is -3.66. The van der Waals surface area contributed by atoms with Crippen LogP contribution in [0.1, 0.15) is 62.7 Å². The van der Waals surface area contributed by atoms with Crippen molar-refractivity contribution in [1.29, 1.82) is 0 Å². The van der Waals surface area contributed by atoms with Crippen LogP contribution in [0.5, 0.6) is 11.5 Å². The molecule has 1 unspecified atom stereocenters. The normalized spacial score (nSPS) is 15.6. The predicted molar refractivity (Wildman–Crippen MR) is 158 cm³/mol. The molecule has 11 heteroatoms. The van der Waals surface area contributed by atoms with Gasteiger partial charge in [-0.1, -0.05) is 38.0 Å². The Bertz CT molecular complexity index is 1340. The number of sulfonamides is 1. The summed E-state index contributed by atoms with van der Waals surface area (Å²) in [7, 11) is -0.487. The van der Waals surface area contributed by atoms with E-state index in [9.17, 15) is 13.2 Å². The monoisotopic (exact) mass is 589 g/mol. The molecule has 0 bridgehead atoms. The number of fused-ring (bicyclic) bond motifs is 1. The van der Waals surface area contributed by atoms with Gasteiger partial charge in [-0.3, -0.25) is 9.69 Å². The topological polar surface area (TPSA) is 98.3 Å². The molecular formula is C29H39N3O6S2. The molecule has 0 radical (unpaired) electrons. The average molecular weight is 590 g/mol. The Morgan fingerprint density at radius 1 is 1.02 bits per heavy atom. The van der Waals surface area contributed by atoms with Gasteiger partial charge < -0.3 is 14.2 Å². The molecule has 1 aliphatic rings. The molecule has 1 atom stereocenters. The number of anilines is 1. The van der Waals surface area contributed by atoms with Crippen molar-refractivity contribution in [3.63, 3.8) is 0 Å². The molecule has 0 spiro atoms. The third-order valence-corrected chi connectivity index (χ3v) is 10.1. The summed E-state index contributed by atoms with van der Waals surface area (Å²) in [6.07, 6.45) is 5.11. The van der Waals surface area contributed by atoms with Gasteiger partial charge in [-0.15, -0.1) is 0 Å². The lowest BCUT2D eigenvalue weighted by Crippen LogP contribution is -2.37. The van der Waals surface area contributed by atoms with Crippen molar-refractivity contribution in [2.75, 3.05) is 45.4 Å². The summed E-state index contributed by atoms with van der Waals surface area (Å²) in [4.78, 5) is 20.5. The van der Waals surface area contributed by atoms with E-state index in [0.717, 1.165) is 43.2 Å². The van der Waals surface area contributed by atoms with E-state index >= 15 is 0 Å². The zero-order valence-corrected chi connectivity index (χ0v) is 25.4. The fraction of sp³-hybridized carbons (Fsp3) is 0.517. The molecule has 9 nitrogen and oxygen atoms in total. The zero-order valence-electron chi connectivity index (χ0n) is 23.7. The molecule has 0 N–H and O–H groups in total. The number of hydrogen-bond acceptors (Lipinski definition) is 8. The molecule has 4 rings (SSSR count). The first kappa shape index (κ1) is 30.2. The lowest BCUT2D eigenvalue weighted by Gasteiger charge is -2.24. The highest BCUT2D eigenvalue weighted by Gasteiger charge is 2.29. The summed E-state index contributed by atoms with van der Waals surface area (Å²) in [5.41, 5.74) is 0.997. The minimum absolute atomic E-state index is 0.106. The third-order valence-electron chi connectivity index (χ3n) is 7.05. The van der Waals surface area contributed by atoms with Crippen molar-refractivity contribution in [3.8, 4) is 11.5 Å². The average Bonchev–Trinajstić information content (AvgIpc) is 3.65. The first-order valence-electron chi connectivity index (χ1n) is 13.9. The number of carbonyl (C=O) groups excluding carboxylic acids is 1. The van der Waals surface area contributed by atoms with Crippen molar-refractivity contribution in [3.05, 3.63) is 42.0 Å². The maximum Gasteiger partial charge on any atom is 0.260 e. The Kier molecular flexibility index (Phi) is 10.4. The van der Waals surface area contributed by atoms with E-state index in [4.69, 9.17) is 19.2 Å². The SMILES string of the molecule is CCCCN(CCCC)S(=O)(=O)c1ccc(C(=O)N(CC2CCCO2)c2nc3c(OC)ccc(OC)c3s2)cc1. The molecule has 1 aliphatic heterocycles. The van der Waals surface area contributed by atoms with E-state index in [-0.39, 0.29) is 16.9 Å². The summed E-state index contributed by atoms with van der Waals surface area (Å²) in [6, 6.07) is 9.84. The standard InChI is InChI=1S/C29H39N3O6S2/c1-5-7-17-31(18-8-6-2)40(34,35)23-13-11-21(12-14-23)28(33)32(20-22-10-9-19-38-22)29-30-26-24(36-3)15-16-25(37-4)27(26)39-29/h11-16,22H,5-10,17-20H2,1-4H3. The van der Waals surface area contributed by atoms with Crippen molar-refractivity contribution in [2.45, 2.75) is 63.4 Å². The number of ether oxygens (including phenoxy) is 3. The summed E-state index contributed by atoms with van der Waals surface area (Å²) in [5.74, 6) is 0.965. The Morgan fingerprint density at radius 2 is 1.68 bits per heavy atom. The minimum Gasteiger partial charge on any atom is -0.495 e. The van der Waals surface area contributed by atoms with Crippen LogP contribution in [-0.2, 0) is 14.8 Å². The van der Waals surface area contributed by atoms with E-state index in [1.807, 2.05) is 19.9 Å². The number of thiazole rings is 1. The van der Waals surface area contributed by atoms with Gasteiger partial charge in [0.25, 0.3) is 5.91 Å². The van der Waals surface area contributed by atoms with Crippen LogP contribution in [0.25, 0.3) is 10.2 Å². The van der Waals surface area contributed by atoms with Gasteiger partial charge in [0.05, 0.1) is 31.8 Å². The van der Waals surface area contributed by atoms with E-state index in [2.05, 4.69) is 0 Å². The molecular weight excluding hydrogens is 550 g/mol. The molecule has 1 amide bonds. The molecule has 2 heterocycles. The molecule has 3 aromatic rings. The highest BCUT2D eigenvalue weighted by Crippen LogP contribution is 2.40. The van der Waals surface area contributed by atoms with Gasteiger partial charge in [-0.2, -0.15) is 4.31 Å². The van der Waals surface area contributed by atoms with Crippen molar-refractivity contribution < 1.29 is 27.4 Å². The van der Waals surface area contributed by atoms with Crippen molar-refractivity contribution in [1.82, 2.24) is 9.29 Å². The third kappa shape index (κ3) is 6.59. The Labute approximate surface area is 241 Å². The second kappa shape index (κ2) is 13.8. The van der Waals surface area contributed by atoms with Crippen LogP contribution >= 0.6 is 11.3 Å². The summed E-state index contributed by atoms with van der Waals surface area (Å²) < 4.78 is 46.1. The lowest BCUT2D eigenvalue weighted by atomic mass is 10.2. The lowest BCUT2D eigenvalue weighted by molar-refractivity contribution is 0.0917. The van der Waals surface area contributed by atoms with E-state index in [1.54, 1.807) is 41.6 Å². The van der Waals surface area contributed by atoms with E-state index in [0.29, 0.717) is 54.0 Å². The number of unbranched alkanes of at least 4 members (excludes halogenated alkanes) is 2. The molecule has 2 aromatic carbocycles. The molecule has 1 fully saturated rings. The highest BCUT2D eigenvalue weighted by molar-refractivity contribution is 7.89. The zero-order chi connectivity index (χ0) is 28.7. The number of benzene rings is 2. The largest absolute Gasteiger partial charge is 0.495 e. The number of carbonyl (C=O) groups is 1. The van der Waals surface area contributed by atoms with Crippen LogP contribution in [-0.4, -0.2) is 70.2 Å². The van der Waals surface area contributed by atoms with Gasteiger partial charge in [0, 0.05) is 25.3 Å². The molecule has 218 valence electrons. The second-order valence-corrected chi connectivity index (χ2v) is 12.7. The Balaban J connectivity index is 1.66. The number of nitrogens with zero attached hydrogens (tertiary/aromatic N) is 3. The molecule has 0 saturated carbocycles. The molecule has 0 aliphatic carbocycles. The first-order chi connectivity index (χ1) is 19.3. The van der Waals surface area contributed by atoms with Crippen molar-refractivity contribution >= 4 is 42.6 Å². The number of hydrogen-bond donors (Lipinski definition) is 0. The number of aromatic nitrogens is 1. The van der Waals surface area contributed by atoms with E-state index < -0.39 is 10.0 Å². The quantitative estimate of drug-likeness (QED) is 0.237. The van der Waals surface area contributed by atoms with Gasteiger partial charge in [0.15, 0.2) is 5.13 Å². The summed E-state index contributed by atoms with van der Waals surface area (Å²) in [6.45, 7) is 6.06. The molecule has 40 heavy (non-hydrogen) atoms. The maximum atomic E-state index is 13.9. The Morgan fingerprint density at radius 3 is 2.25 bits per heavy atom. The molecule has 1 aromatic heterocycles. The van der Waals surface area contributed by atoms with Gasteiger partial charge in [0.2, 0.25) is 10.0 Å². The number of methoxy groups -OCH3 is 2. The van der Waals surface area contributed by atoms with Crippen LogP contribution in [0.4, 0.5) is 5.13 Å². The van der Waals surface area contributed by atoms with Crippen LogP contribution in [0.3, 0.4) is 0 Å². The van der Waals surface area contributed by atoms with Gasteiger partial charge in [-0.25, -0.2) is 13.4 Å².